The van der Waals surface area contributed by atoms with Crippen LogP contribution < -0.4 is 0 Å². The number of aromatic amines is 1. The second kappa shape index (κ2) is 2.67. The lowest BCUT2D eigenvalue weighted by molar-refractivity contribution is 1.16. The van der Waals surface area contributed by atoms with Crippen LogP contribution in [0.15, 0.2) is 24.3 Å². The molecular weight excluding hydrogens is 146 g/mol. The van der Waals surface area contributed by atoms with Crippen LogP contribution in [0, 0.1) is 6.92 Å². The molecule has 0 radical (unpaired) electrons. The lowest BCUT2D eigenvalue weighted by Crippen LogP contribution is -1.79. The van der Waals surface area contributed by atoms with Gasteiger partial charge >= 0.3 is 0 Å². The van der Waals surface area contributed by atoms with Crippen LogP contribution in [0.5, 0.6) is 0 Å². The molecule has 0 atom stereocenters. The quantitative estimate of drug-likeness (QED) is 0.658. The minimum absolute atomic E-state index is 1.11. The summed E-state index contributed by atoms with van der Waals surface area (Å²) in [5.41, 5.74) is 3.93. The van der Waals surface area contributed by atoms with Gasteiger partial charge in [-0.1, -0.05) is 19.1 Å². The molecule has 0 bridgehead atoms. The van der Waals surface area contributed by atoms with E-state index in [2.05, 4.69) is 43.1 Å². The molecule has 0 saturated carbocycles. The van der Waals surface area contributed by atoms with Gasteiger partial charge in [0.25, 0.3) is 0 Å². The zero-order chi connectivity index (χ0) is 8.55. The first-order valence-corrected chi connectivity index (χ1v) is 4.38. The van der Waals surface area contributed by atoms with Crippen molar-refractivity contribution in [2.24, 2.45) is 0 Å². The molecular formula is C11H13N. The van der Waals surface area contributed by atoms with Crippen LogP contribution in [-0.2, 0) is 6.42 Å². The van der Waals surface area contributed by atoms with Crippen molar-refractivity contribution in [2.75, 3.05) is 0 Å². The van der Waals surface area contributed by atoms with Crippen molar-refractivity contribution in [1.82, 2.24) is 4.98 Å². The van der Waals surface area contributed by atoms with Crippen LogP contribution in [0.25, 0.3) is 10.9 Å². The van der Waals surface area contributed by atoms with Gasteiger partial charge in [-0.3, -0.25) is 0 Å². The van der Waals surface area contributed by atoms with Crippen molar-refractivity contribution in [3.8, 4) is 0 Å². The Morgan fingerprint density at radius 1 is 1.33 bits per heavy atom. The van der Waals surface area contributed by atoms with Gasteiger partial charge in [-0.2, -0.15) is 0 Å². The van der Waals surface area contributed by atoms with Gasteiger partial charge in [-0.05, 0) is 31.0 Å². The third-order valence-corrected chi connectivity index (χ3v) is 2.27. The van der Waals surface area contributed by atoms with Gasteiger partial charge in [-0.25, -0.2) is 0 Å². The summed E-state index contributed by atoms with van der Waals surface area (Å²) >= 11 is 0. The van der Waals surface area contributed by atoms with Crippen molar-refractivity contribution < 1.29 is 0 Å². The maximum Gasteiger partial charge on any atom is 0.0458 e. The molecule has 62 valence electrons. The number of aryl methyl sites for hydroxylation is 2. The highest BCUT2D eigenvalue weighted by molar-refractivity contribution is 5.83. The Hall–Kier alpha value is -1.24. The van der Waals surface area contributed by atoms with E-state index in [1.54, 1.807) is 0 Å². The van der Waals surface area contributed by atoms with Crippen LogP contribution in [0.4, 0.5) is 0 Å². The molecule has 1 nitrogen and oxygen atoms in total. The molecule has 0 amide bonds. The Morgan fingerprint density at radius 2 is 2.17 bits per heavy atom. The predicted octanol–water partition coefficient (Wildman–Crippen LogP) is 3.04. The van der Waals surface area contributed by atoms with Gasteiger partial charge in [0.2, 0.25) is 0 Å². The number of hydrogen-bond donors (Lipinski definition) is 1. The minimum atomic E-state index is 1.11. The van der Waals surface area contributed by atoms with Gasteiger partial charge in [-0.15, -0.1) is 0 Å². The van der Waals surface area contributed by atoms with E-state index in [1.807, 2.05) is 0 Å². The summed E-state index contributed by atoms with van der Waals surface area (Å²) in [4.78, 5) is 3.33. The van der Waals surface area contributed by atoms with E-state index in [4.69, 9.17) is 0 Å². The molecule has 0 aliphatic rings. The van der Waals surface area contributed by atoms with Crippen molar-refractivity contribution in [2.45, 2.75) is 20.3 Å². The molecule has 0 aliphatic heterocycles. The summed E-state index contributed by atoms with van der Waals surface area (Å²) in [5.74, 6) is 0. The SMILES string of the molecule is CCc1cccc2[nH]c(C)cc12. The van der Waals surface area contributed by atoms with E-state index >= 15 is 0 Å². The summed E-state index contributed by atoms with van der Waals surface area (Å²) in [6.07, 6.45) is 1.11. The zero-order valence-electron chi connectivity index (χ0n) is 7.52. The number of rotatable bonds is 1. The molecule has 0 saturated heterocycles. The number of fused-ring (bicyclic) bond motifs is 1. The lowest BCUT2D eigenvalue weighted by atomic mass is 10.1. The molecule has 1 N–H and O–H groups in total. The summed E-state index contributed by atoms with van der Waals surface area (Å²) in [7, 11) is 0. The minimum Gasteiger partial charge on any atom is -0.359 e. The van der Waals surface area contributed by atoms with Gasteiger partial charge in [0.05, 0.1) is 0 Å². The molecule has 2 aromatic rings. The van der Waals surface area contributed by atoms with E-state index in [1.165, 1.54) is 22.2 Å². The molecule has 0 aliphatic carbocycles. The van der Waals surface area contributed by atoms with Crippen LogP contribution in [0.3, 0.4) is 0 Å². The molecule has 1 aromatic heterocycles. The normalized spacial score (nSPS) is 10.8. The largest absolute Gasteiger partial charge is 0.359 e. The van der Waals surface area contributed by atoms with E-state index in [0.29, 0.717) is 0 Å². The van der Waals surface area contributed by atoms with Gasteiger partial charge in [0, 0.05) is 16.6 Å². The molecule has 12 heavy (non-hydrogen) atoms. The number of benzene rings is 1. The Kier molecular flexibility index (Phi) is 1.65. The van der Waals surface area contributed by atoms with Crippen molar-refractivity contribution >= 4 is 10.9 Å². The van der Waals surface area contributed by atoms with Gasteiger partial charge in [0.1, 0.15) is 0 Å². The molecule has 1 heteroatoms. The molecule has 1 heterocycles. The maximum absolute atomic E-state index is 3.33. The third-order valence-electron chi connectivity index (χ3n) is 2.27. The summed E-state index contributed by atoms with van der Waals surface area (Å²) < 4.78 is 0. The van der Waals surface area contributed by atoms with Crippen molar-refractivity contribution in [3.63, 3.8) is 0 Å². The van der Waals surface area contributed by atoms with Crippen molar-refractivity contribution in [1.29, 1.82) is 0 Å². The highest BCUT2D eigenvalue weighted by Crippen LogP contribution is 2.19. The first-order chi connectivity index (χ1) is 5.81. The second-order valence-corrected chi connectivity index (χ2v) is 3.18. The lowest BCUT2D eigenvalue weighted by Gasteiger charge is -1.96. The maximum atomic E-state index is 3.33. The molecule has 2 rings (SSSR count). The van der Waals surface area contributed by atoms with Crippen LogP contribution in [0.1, 0.15) is 18.2 Å². The molecule has 0 spiro atoms. The van der Waals surface area contributed by atoms with Crippen LogP contribution >= 0.6 is 0 Å². The fourth-order valence-corrected chi connectivity index (χ4v) is 1.67. The second-order valence-electron chi connectivity index (χ2n) is 3.18. The fourth-order valence-electron chi connectivity index (χ4n) is 1.67. The third kappa shape index (κ3) is 1.02. The predicted molar refractivity (Wildman–Crippen MR) is 52.4 cm³/mol. The Labute approximate surface area is 72.4 Å². The average molecular weight is 159 g/mol. The first-order valence-electron chi connectivity index (χ1n) is 4.38. The highest BCUT2D eigenvalue weighted by atomic mass is 14.7. The van der Waals surface area contributed by atoms with Crippen LogP contribution in [0.2, 0.25) is 0 Å². The number of hydrogen-bond acceptors (Lipinski definition) is 0. The zero-order valence-corrected chi connectivity index (χ0v) is 7.52. The molecule has 0 fully saturated rings. The smallest absolute Gasteiger partial charge is 0.0458 e. The van der Waals surface area contributed by atoms with E-state index < -0.39 is 0 Å². The molecule has 0 unspecified atom stereocenters. The van der Waals surface area contributed by atoms with Gasteiger partial charge < -0.3 is 4.98 Å². The van der Waals surface area contributed by atoms with E-state index in [9.17, 15) is 0 Å². The highest BCUT2D eigenvalue weighted by Gasteiger charge is 2.00. The first kappa shape index (κ1) is 7.41. The van der Waals surface area contributed by atoms with E-state index in [-0.39, 0.29) is 0 Å². The standard InChI is InChI=1S/C11H13N/c1-3-9-5-4-6-11-10(9)7-8(2)12-11/h4-7,12H,3H2,1-2H3. The Bertz CT molecular complexity index is 398. The van der Waals surface area contributed by atoms with Crippen LogP contribution in [-0.4, -0.2) is 4.98 Å². The monoisotopic (exact) mass is 159 g/mol. The van der Waals surface area contributed by atoms with Gasteiger partial charge in [0.15, 0.2) is 0 Å². The fraction of sp³-hybridized carbons (Fsp3) is 0.273. The van der Waals surface area contributed by atoms with Crippen molar-refractivity contribution in [3.05, 3.63) is 35.5 Å². The number of nitrogens with one attached hydrogen (secondary N) is 1. The summed E-state index contributed by atoms with van der Waals surface area (Å²) in [6.45, 7) is 4.29. The Balaban J connectivity index is 2.78. The Morgan fingerprint density at radius 3 is 2.92 bits per heavy atom. The number of aromatic nitrogens is 1. The number of H-pyrrole nitrogens is 1. The topological polar surface area (TPSA) is 15.8 Å². The van der Waals surface area contributed by atoms with E-state index in [0.717, 1.165) is 6.42 Å². The summed E-state index contributed by atoms with van der Waals surface area (Å²) in [6, 6.07) is 8.64. The average Bonchev–Trinajstić information content (AvgIpc) is 2.44. The molecule has 1 aromatic carbocycles. The summed E-state index contributed by atoms with van der Waals surface area (Å²) in [5, 5.41) is 1.37.